The number of nitrogens with zero attached hydrogens (tertiary/aromatic N) is 1. The molecule has 0 spiro atoms. The predicted molar refractivity (Wildman–Crippen MR) is 77.8 cm³/mol. The lowest BCUT2D eigenvalue weighted by Gasteiger charge is -2.20. The molecule has 1 fully saturated rings. The highest BCUT2D eigenvalue weighted by Crippen LogP contribution is 2.29. The quantitative estimate of drug-likeness (QED) is 0.693. The molecule has 1 saturated heterocycles. The second-order valence-electron chi connectivity index (χ2n) is 5.52. The van der Waals surface area contributed by atoms with Gasteiger partial charge in [-0.2, -0.15) is 0 Å². The van der Waals surface area contributed by atoms with Gasteiger partial charge in [0.1, 0.15) is 0 Å². The number of rotatable bonds is 4. The fraction of sp³-hybridized carbons (Fsp3) is 0.429. The minimum absolute atomic E-state index is 0.142. The van der Waals surface area contributed by atoms with Gasteiger partial charge >= 0.3 is 0 Å². The molecule has 5 N–H and O–H groups in total. The van der Waals surface area contributed by atoms with Gasteiger partial charge in [0.2, 0.25) is 11.8 Å². The molecule has 2 amide bonds. The molecule has 1 aliphatic heterocycles. The van der Waals surface area contributed by atoms with E-state index in [0.717, 1.165) is 0 Å². The Morgan fingerprint density at radius 3 is 2.70 bits per heavy atom. The van der Waals surface area contributed by atoms with Crippen LogP contribution in [0.3, 0.4) is 0 Å². The third kappa shape index (κ3) is 3.08. The second-order valence-corrected chi connectivity index (χ2v) is 5.52. The number of nitrogens with one attached hydrogen (secondary N) is 1. The highest BCUT2D eigenvalue weighted by atomic mass is 16.2. The van der Waals surface area contributed by atoms with Crippen molar-refractivity contribution in [1.29, 1.82) is 0 Å². The Morgan fingerprint density at radius 2 is 2.10 bits per heavy atom. The maximum absolute atomic E-state index is 12.0. The van der Waals surface area contributed by atoms with Gasteiger partial charge in [0, 0.05) is 6.54 Å². The molecular formula is C14H20N4O2. The van der Waals surface area contributed by atoms with E-state index < -0.39 is 5.41 Å². The first kappa shape index (κ1) is 14.3. The Kier molecular flexibility index (Phi) is 3.94. The van der Waals surface area contributed by atoms with Crippen molar-refractivity contribution in [1.82, 2.24) is 4.90 Å². The molecule has 1 unspecified atom stereocenters. The number of nitrogens with two attached hydrogens (primary N) is 2. The average Bonchev–Trinajstić information content (AvgIpc) is 2.75. The Labute approximate surface area is 118 Å². The number of carbonyl (C=O) groups excluding carboxylic acids is 2. The minimum Gasteiger partial charge on any atom is -0.397 e. The van der Waals surface area contributed by atoms with Crippen molar-refractivity contribution >= 4 is 23.2 Å². The van der Waals surface area contributed by atoms with E-state index in [0.29, 0.717) is 30.9 Å². The van der Waals surface area contributed by atoms with Gasteiger partial charge in [0.15, 0.2) is 0 Å². The van der Waals surface area contributed by atoms with Crippen molar-refractivity contribution in [3.8, 4) is 0 Å². The van der Waals surface area contributed by atoms with Crippen LogP contribution in [0.5, 0.6) is 0 Å². The van der Waals surface area contributed by atoms with E-state index in [-0.39, 0.29) is 18.4 Å². The molecule has 0 radical (unpaired) electrons. The Balaban J connectivity index is 1.91. The molecule has 2 rings (SSSR count). The third-order valence-electron chi connectivity index (χ3n) is 3.75. The van der Waals surface area contributed by atoms with E-state index in [9.17, 15) is 9.59 Å². The Morgan fingerprint density at radius 1 is 1.40 bits per heavy atom. The van der Waals surface area contributed by atoms with Crippen LogP contribution in [0.25, 0.3) is 0 Å². The van der Waals surface area contributed by atoms with Crippen LogP contribution in [0.2, 0.25) is 0 Å². The molecule has 1 aliphatic rings. The second kappa shape index (κ2) is 5.50. The lowest BCUT2D eigenvalue weighted by atomic mass is 9.89. The van der Waals surface area contributed by atoms with E-state index >= 15 is 0 Å². The number of nitrogen functional groups attached to an aromatic ring is 1. The summed E-state index contributed by atoms with van der Waals surface area (Å²) in [5, 5.41) is 2.77. The monoisotopic (exact) mass is 276 g/mol. The SMILES string of the molecule is CC1(C(N)=O)CCN(CC(=O)Nc2ccccc2N)C1. The van der Waals surface area contributed by atoms with Crippen LogP contribution >= 0.6 is 0 Å². The number of para-hydroxylation sites is 2. The van der Waals surface area contributed by atoms with Gasteiger partial charge in [-0.3, -0.25) is 14.5 Å². The van der Waals surface area contributed by atoms with E-state index in [1.165, 1.54) is 0 Å². The standard InChI is InChI=1S/C14H20N4O2/c1-14(13(16)20)6-7-18(9-14)8-12(19)17-11-5-3-2-4-10(11)15/h2-5H,6-9,15H2,1H3,(H2,16,20)(H,17,19). The van der Waals surface area contributed by atoms with Gasteiger partial charge in [-0.05, 0) is 32.0 Å². The van der Waals surface area contributed by atoms with Gasteiger partial charge in [0.25, 0.3) is 0 Å². The molecule has 0 bridgehead atoms. The van der Waals surface area contributed by atoms with E-state index in [1.54, 1.807) is 12.1 Å². The van der Waals surface area contributed by atoms with Crippen molar-refractivity contribution in [3.63, 3.8) is 0 Å². The molecule has 1 heterocycles. The largest absolute Gasteiger partial charge is 0.397 e. The van der Waals surface area contributed by atoms with E-state index in [2.05, 4.69) is 5.32 Å². The fourth-order valence-corrected chi connectivity index (χ4v) is 2.40. The number of primary amides is 1. The molecule has 108 valence electrons. The normalized spacial score (nSPS) is 22.6. The maximum Gasteiger partial charge on any atom is 0.238 e. The molecule has 6 nitrogen and oxygen atoms in total. The van der Waals surface area contributed by atoms with E-state index in [1.807, 2.05) is 24.0 Å². The Bertz CT molecular complexity index is 532. The van der Waals surface area contributed by atoms with Crippen molar-refractivity contribution in [2.75, 3.05) is 30.7 Å². The van der Waals surface area contributed by atoms with Crippen molar-refractivity contribution < 1.29 is 9.59 Å². The van der Waals surface area contributed by atoms with Gasteiger partial charge in [-0.25, -0.2) is 0 Å². The fourth-order valence-electron chi connectivity index (χ4n) is 2.40. The first-order valence-corrected chi connectivity index (χ1v) is 6.57. The number of carbonyl (C=O) groups is 2. The number of hydrogen-bond acceptors (Lipinski definition) is 4. The molecule has 0 aromatic heterocycles. The Hall–Kier alpha value is -2.08. The lowest BCUT2D eigenvalue weighted by Crippen LogP contribution is -2.39. The molecule has 0 saturated carbocycles. The molecule has 1 aromatic rings. The number of likely N-dealkylation sites (tertiary alicyclic amines) is 1. The summed E-state index contributed by atoms with van der Waals surface area (Å²) in [6, 6.07) is 7.11. The average molecular weight is 276 g/mol. The topological polar surface area (TPSA) is 101 Å². The zero-order valence-electron chi connectivity index (χ0n) is 11.6. The molecule has 0 aliphatic carbocycles. The lowest BCUT2D eigenvalue weighted by molar-refractivity contribution is -0.126. The summed E-state index contributed by atoms with van der Waals surface area (Å²) in [5.74, 6) is -0.454. The smallest absolute Gasteiger partial charge is 0.238 e. The van der Waals surface area contributed by atoms with Crippen LogP contribution in [0.1, 0.15) is 13.3 Å². The molecule has 6 heteroatoms. The van der Waals surface area contributed by atoms with Crippen LogP contribution in [-0.2, 0) is 9.59 Å². The molecule has 20 heavy (non-hydrogen) atoms. The summed E-state index contributed by atoms with van der Waals surface area (Å²) in [7, 11) is 0. The predicted octanol–water partition coefficient (Wildman–Crippen LogP) is 0.405. The zero-order chi connectivity index (χ0) is 14.8. The number of benzene rings is 1. The zero-order valence-corrected chi connectivity index (χ0v) is 11.6. The van der Waals surface area contributed by atoms with Crippen LogP contribution < -0.4 is 16.8 Å². The van der Waals surface area contributed by atoms with E-state index in [4.69, 9.17) is 11.5 Å². The summed E-state index contributed by atoms with van der Waals surface area (Å²) >= 11 is 0. The van der Waals surface area contributed by atoms with Crippen LogP contribution in [0.4, 0.5) is 11.4 Å². The summed E-state index contributed by atoms with van der Waals surface area (Å²) in [6.07, 6.45) is 0.684. The number of anilines is 2. The summed E-state index contributed by atoms with van der Waals surface area (Å²) in [6.45, 7) is 3.27. The number of hydrogen-bond donors (Lipinski definition) is 3. The number of amides is 2. The molecule has 1 atom stereocenters. The van der Waals surface area contributed by atoms with Crippen LogP contribution in [-0.4, -0.2) is 36.3 Å². The first-order valence-electron chi connectivity index (χ1n) is 6.57. The third-order valence-corrected chi connectivity index (χ3v) is 3.75. The van der Waals surface area contributed by atoms with Gasteiger partial charge < -0.3 is 16.8 Å². The van der Waals surface area contributed by atoms with Gasteiger partial charge in [-0.15, -0.1) is 0 Å². The highest BCUT2D eigenvalue weighted by Gasteiger charge is 2.39. The van der Waals surface area contributed by atoms with Crippen molar-refractivity contribution in [2.45, 2.75) is 13.3 Å². The first-order chi connectivity index (χ1) is 9.40. The van der Waals surface area contributed by atoms with Crippen molar-refractivity contribution in [2.24, 2.45) is 11.1 Å². The maximum atomic E-state index is 12.0. The summed E-state index contributed by atoms with van der Waals surface area (Å²) in [5.41, 5.74) is 11.8. The van der Waals surface area contributed by atoms with Gasteiger partial charge in [-0.1, -0.05) is 12.1 Å². The van der Waals surface area contributed by atoms with Gasteiger partial charge in [0.05, 0.1) is 23.3 Å². The van der Waals surface area contributed by atoms with Crippen LogP contribution in [0.15, 0.2) is 24.3 Å². The minimum atomic E-state index is -0.536. The molecule has 1 aromatic carbocycles. The van der Waals surface area contributed by atoms with Crippen LogP contribution in [0, 0.1) is 5.41 Å². The summed E-state index contributed by atoms with van der Waals surface area (Å²) in [4.78, 5) is 25.3. The highest BCUT2D eigenvalue weighted by molar-refractivity contribution is 5.95. The van der Waals surface area contributed by atoms with Crippen molar-refractivity contribution in [3.05, 3.63) is 24.3 Å². The molecular weight excluding hydrogens is 256 g/mol. The summed E-state index contributed by atoms with van der Waals surface area (Å²) < 4.78 is 0.